The van der Waals surface area contributed by atoms with E-state index in [0.717, 1.165) is 0 Å². The summed E-state index contributed by atoms with van der Waals surface area (Å²) in [6.07, 6.45) is -0.169. The Bertz CT molecular complexity index is 1110. The lowest BCUT2D eigenvalue weighted by Gasteiger charge is -2.37. The van der Waals surface area contributed by atoms with E-state index in [1.165, 1.54) is 22.5 Å². The molecule has 3 atom stereocenters. The first kappa shape index (κ1) is 25.1. The second-order valence-electron chi connectivity index (χ2n) is 8.51. The van der Waals surface area contributed by atoms with E-state index in [0.29, 0.717) is 17.5 Å². The largest absolute Gasteiger partial charge is 0.487 e. The maximum Gasteiger partial charge on any atom is 0.247 e. The van der Waals surface area contributed by atoms with Crippen molar-refractivity contribution in [1.29, 1.82) is 0 Å². The fourth-order valence-electron chi connectivity index (χ4n) is 3.95. The van der Waals surface area contributed by atoms with Crippen molar-refractivity contribution in [2.45, 2.75) is 44.2 Å². The first-order valence-corrected chi connectivity index (χ1v) is 12.5. The van der Waals surface area contributed by atoms with Gasteiger partial charge in [-0.15, -0.1) is 0 Å². The average Bonchev–Trinajstić information content (AvgIpc) is 2.80. The minimum atomic E-state index is -3.99. The van der Waals surface area contributed by atoms with Crippen molar-refractivity contribution in [2.24, 2.45) is 5.92 Å². The summed E-state index contributed by atoms with van der Waals surface area (Å²) in [6, 6.07) is 10.1. The van der Waals surface area contributed by atoms with E-state index in [4.69, 9.17) is 4.74 Å². The van der Waals surface area contributed by atoms with Crippen LogP contribution in [0.5, 0.6) is 5.75 Å². The van der Waals surface area contributed by atoms with Gasteiger partial charge >= 0.3 is 0 Å². The van der Waals surface area contributed by atoms with Crippen LogP contribution in [0.3, 0.4) is 0 Å². The highest BCUT2D eigenvalue weighted by Crippen LogP contribution is 2.37. The normalized spacial score (nSPS) is 21.3. The van der Waals surface area contributed by atoms with Crippen molar-refractivity contribution >= 4 is 15.9 Å². The molecule has 1 N–H and O–H groups in total. The van der Waals surface area contributed by atoms with Gasteiger partial charge in [0.05, 0.1) is 13.2 Å². The highest BCUT2D eigenvalue weighted by molar-refractivity contribution is 7.89. The van der Waals surface area contributed by atoms with Crippen LogP contribution in [-0.2, 0) is 14.8 Å². The van der Waals surface area contributed by atoms with Crippen LogP contribution in [0.25, 0.3) is 11.1 Å². The van der Waals surface area contributed by atoms with E-state index < -0.39 is 28.0 Å². The molecule has 33 heavy (non-hydrogen) atoms. The number of ether oxygens (including phenoxy) is 1. The first-order valence-electron chi connectivity index (χ1n) is 11.0. The van der Waals surface area contributed by atoms with Crippen LogP contribution in [-0.4, -0.2) is 67.5 Å². The van der Waals surface area contributed by atoms with Gasteiger partial charge in [-0.2, -0.15) is 4.31 Å². The Balaban J connectivity index is 2.14. The minimum Gasteiger partial charge on any atom is -0.487 e. The van der Waals surface area contributed by atoms with E-state index in [2.05, 4.69) is 0 Å². The molecule has 0 aromatic heterocycles. The molecule has 0 fully saturated rings. The summed E-state index contributed by atoms with van der Waals surface area (Å²) < 4.78 is 49.0. The summed E-state index contributed by atoms with van der Waals surface area (Å²) in [4.78, 5) is 13.7. The maximum absolute atomic E-state index is 14.4. The number of hydrogen-bond acceptors (Lipinski definition) is 5. The summed E-state index contributed by atoms with van der Waals surface area (Å²) in [7, 11) is -2.31. The molecule has 0 unspecified atom stereocenters. The number of halogens is 1. The molecule has 0 aliphatic carbocycles. The number of nitrogens with zero attached hydrogens (tertiary/aromatic N) is 2. The SMILES string of the molecule is CCC(=O)N(C)C[C@H]1Oc2cc(-c3ccccc3F)ccc2S(=O)(=O)N([C@@H](C)CO)C[C@@H]1C. The number of rotatable bonds is 6. The summed E-state index contributed by atoms with van der Waals surface area (Å²) in [5.41, 5.74) is 0.806. The zero-order chi connectivity index (χ0) is 24.3. The van der Waals surface area contributed by atoms with Gasteiger partial charge in [0.2, 0.25) is 15.9 Å². The van der Waals surface area contributed by atoms with Crippen molar-refractivity contribution in [3.8, 4) is 16.9 Å². The molecule has 1 aliphatic heterocycles. The topological polar surface area (TPSA) is 87.2 Å². The average molecular weight is 479 g/mol. The molecule has 180 valence electrons. The number of sulfonamides is 1. The number of carbonyl (C=O) groups excluding carboxylic acids is 1. The molecule has 9 heteroatoms. The van der Waals surface area contributed by atoms with E-state index in [1.807, 2.05) is 6.92 Å². The molecule has 1 heterocycles. The van der Waals surface area contributed by atoms with E-state index in [1.54, 1.807) is 50.1 Å². The molecule has 0 spiro atoms. The molecule has 3 rings (SSSR count). The molecule has 2 aromatic carbocycles. The number of carbonyl (C=O) groups is 1. The highest BCUT2D eigenvalue weighted by Gasteiger charge is 2.38. The number of aliphatic hydroxyl groups excluding tert-OH is 1. The summed E-state index contributed by atoms with van der Waals surface area (Å²) >= 11 is 0. The van der Waals surface area contributed by atoms with Gasteiger partial charge < -0.3 is 14.7 Å². The Morgan fingerprint density at radius 1 is 1.30 bits per heavy atom. The summed E-state index contributed by atoms with van der Waals surface area (Å²) in [6.45, 7) is 5.31. The van der Waals surface area contributed by atoms with Gasteiger partial charge in [-0.05, 0) is 30.7 Å². The lowest BCUT2D eigenvalue weighted by Crippen LogP contribution is -2.50. The Kier molecular flexibility index (Phi) is 7.76. The Hall–Kier alpha value is -2.49. The van der Waals surface area contributed by atoms with Crippen LogP contribution in [0.1, 0.15) is 27.2 Å². The van der Waals surface area contributed by atoms with Crippen molar-refractivity contribution in [3.05, 3.63) is 48.3 Å². The molecular formula is C24H31FN2O5S. The minimum absolute atomic E-state index is 0.0516. The second kappa shape index (κ2) is 10.2. The van der Waals surface area contributed by atoms with E-state index in [-0.39, 0.29) is 42.2 Å². The van der Waals surface area contributed by atoms with Crippen LogP contribution in [0.2, 0.25) is 0 Å². The molecule has 1 amide bonds. The fraction of sp³-hybridized carbons (Fsp3) is 0.458. The van der Waals surface area contributed by atoms with Gasteiger partial charge in [-0.25, -0.2) is 12.8 Å². The first-order chi connectivity index (χ1) is 15.6. The predicted molar refractivity (Wildman–Crippen MR) is 124 cm³/mol. The predicted octanol–water partition coefficient (Wildman–Crippen LogP) is 3.13. The number of fused-ring (bicyclic) bond motifs is 1. The molecule has 0 saturated heterocycles. The van der Waals surface area contributed by atoms with Gasteiger partial charge in [0, 0.05) is 37.5 Å². The molecule has 7 nitrogen and oxygen atoms in total. The molecular weight excluding hydrogens is 447 g/mol. The van der Waals surface area contributed by atoms with Gasteiger partial charge in [0.1, 0.15) is 22.6 Å². The molecule has 0 saturated carbocycles. The zero-order valence-corrected chi connectivity index (χ0v) is 20.2. The number of benzene rings is 2. The van der Waals surface area contributed by atoms with Crippen molar-refractivity contribution in [3.63, 3.8) is 0 Å². The summed E-state index contributed by atoms with van der Waals surface area (Å²) in [5, 5.41) is 9.72. The van der Waals surface area contributed by atoms with Gasteiger partial charge in [0.25, 0.3) is 0 Å². The van der Waals surface area contributed by atoms with Crippen LogP contribution in [0, 0.1) is 11.7 Å². The van der Waals surface area contributed by atoms with E-state index in [9.17, 15) is 22.7 Å². The van der Waals surface area contributed by atoms with Gasteiger partial charge in [0.15, 0.2) is 0 Å². The highest BCUT2D eigenvalue weighted by atomic mass is 32.2. The third-order valence-electron chi connectivity index (χ3n) is 6.03. The van der Waals surface area contributed by atoms with Crippen LogP contribution in [0.15, 0.2) is 47.4 Å². The lowest BCUT2D eigenvalue weighted by molar-refractivity contribution is -0.131. The number of aliphatic hydroxyl groups is 1. The standard InChI is InChI=1S/C24H31FN2O5S/c1-5-24(29)26(4)14-22-16(2)13-27(17(3)15-28)33(30,31)23-11-10-18(12-21(23)32-22)19-8-6-7-9-20(19)25/h6-12,16-17,22,28H,5,13-15H2,1-4H3/t16-,17-,22+/m0/s1. The zero-order valence-electron chi connectivity index (χ0n) is 19.4. The quantitative estimate of drug-likeness (QED) is 0.689. The van der Waals surface area contributed by atoms with Crippen LogP contribution in [0.4, 0.5) is 4.39 Å². The third kappa shape index (κ3) is 5.20. The van der Waals surface area contributed by atoms with Crippen molar-refractivity contribution < 1.29 is 27.4 Å². The van der Waals surface area contributed by atoms with Crippen LogP contribution < -0.4 is 4.74 Å². The van der Waals surface area contributed by atoms with Crippen molar-refractivity contribution in [1.82, 2.24) is 9.21 Å². The fourth-order valence-corrected chi connectivity index (χ4v) is 5.77. The molecule has 0 radical (unpaired) electrons. The van der Waals surface area contributed by atoms with E-state index >= 15 is 0 Å². The number of likely N-dealkylation sites (N-methyl/N-ethyl adjacent to an activating group) is 1. The Labute approximate surface area is 194 Å². The molecule has 1 aliphatic rings. The molecule has 0 bridgehead atoms. The lowest BCUT2D eigenvalue weighted by atomic mass is 10.0. The summed E-state index contributed by atoms with van der Waals surface area (Å²) in [5.74, 6) is -0.674. The number of amides is 1. The monoisotopic (exact) mass is 478 g/mol. The third-order valence-corrected chi connectivity index (χ3v) is 8.05. The van der Waals surface area contributed by atoms with Gasteiger partial charge in [-0.1, -0.05) is 38.1 Å². The van der Waals surface area contributed by atoms with Crippen LogP contribution >= 0.6 is 0 Å². The number of hydrogen-bond donors (Lipinski definition) is 1. The Morgan fingerprint density at radius 3 is 2.64 bits per heavy atom. The van der Waals surface area contributed by atoms with Crippen molar-refractivity contribution in [2.75, 3.05) is 26.7 Å². The smallest absolute Gasteiger partial charge is 0.247 e. The second-order valence-corrected chi connectivity index (χ2v) is 10.4. The maximum atomic E-state index is 14.4. The molecule has 2 aromatic rings. The van der Waals surface area contributed by atoms with Gasteiger partial charge in [-0.3, -0.25) is 4.79 Å². The Morgan fingerprint density at radius 2 is 2.00 bits per heavy atom.